The van der Waals surface area contributed by atoms with Crippen molar-refractivity contribution in [2.45, 2.75) is 63.1 Å². The van der Waals surface area contributed by atoms with Crippen molar-refractivity contribution in [2.24, 2.45) is 20.2 Å². The van der Waals surface area contributed by atoms with E-state index < -0.39 is 16.3 Å². The van der Waals surface area contributed by atoms with E-state index in [1.54, 1.807) is 32.0 Å². The number of guanidine groups is 1. The number of hydrazine groups is 1. The SMILES string of the molecule is CCS/C(C)=N/C(=N\C(C)Nc1cc(N(CC)CC)c(OC)cc1NNc1ccc(S)s1)Nc1cc(N(CC)CC)c(OC)cc1N=Nc1ccc(S(=O)(=O)O)s1. The second-order valence-electron chi connectivity index (χ2n) is 12.1. The van der Waals surface area contributed by atoms with E-state index in [9.17, 15) is 13.0 Å². The lowest BCUT2D eigenvalue weighted by atomic mass is 10.2. The van der Waals surface area contributed by atoms with E-state index in [0.717, 1.165) is 80.3 Å². The first kappa shape index (κ1) is 45.5. The standard InChI is InChI=1S/C37H52N10O5S5/c1-10-46(11-2)29-19-25(27(21-31(29)51-8)42-44-33-15-17-35(53)55-33)38-23(6)39-37(40-24(7)54-14-5)41-26-20-30(47(12-3)13-4)32(52-9)22-28(26)43-45-34-16-18-36(56-34)57(48,49)50/h15-23,38,42,44,53H,10-14H2,1-9H3,(H,39,41)(H,48,49,50)/b40-24+,45-43?. The topological polar surface area (TPSA) is 177 Å². The van der Waals surface area contributed by atoms with Crippen molar-refractivity contribution in [1.82, 2.24) is 0 Å². The number of thiol groups is 1. The smallest absolute Gasteiger partial charge is 0.304 e. The fraction of sp³-hybridized carbons (Fsp3) is 0.405. The van der Waals surface area contributed by atoms with Gasteiger partial charge >= 0.3 is 10.1 Å². The molecule has 5 N–H and O–H groups in total. The highest BCUT2D eigenvalue weighted by molar-refractivity contribution is 8.13. The van der Waals surface area contributed by atoms with Crippen LogP contribution in [0.15, 0.2) is 77.2 Å². The third-order valence-electron chi connectivity index (χ3n) is 8.36. The van der Waals surface area contributed by atoms with Crippen LogP contribution in [-0.4, -0.2) is 76.3 Å². The van der Waals surface area contributed by atoms with E-state index in [1.165, 1.54) is 23.5 Å². The number of aliphatic imine (C=N–C) groups is 2. The number of thioether (sulfide) groups is 1. The molecule has 0 aliphatic heterocycles. The summed E-state index contributed by atoms with van der Waals surface area (Å²) in [7, 11) is -1.13. The Labute approximate surface area is 353 Å². The zero-order valence-corrected chi connectivity index (χ0v) is 37.7. The van der Waals surface area contributed by atoms with Gasteiger partial charge < -0.3 is 29.9 Å². The average molecular weight is 877 g/mol. The largest absolute Gasteiger partial charge is 0.495 e. The molecule has 0 saturated heterocycles. The molecule has 0 aliphatic rings. The molecule has 2 aromatic carbocycles. The highest BCUT2D eigenvalue weighted by Gasteiger charge is 2.20. The maximum atomic E-state index is 11.7. The number of hydrogen-bond donors (Lipinski definition) is 6. The molecule has 15 nitrogen and oxygen atoms in total. The molecule has 310 valence electrons. The van der Waals surface area contributed by atoms with Gasteiger partial charge in [0.05, 0.1) is 51.9 Å². The summed E-state index contributed by atoms with van der Waals surface area (Å²) >= 11 is 8.36. The second kappa shape index (κ2) is 21.5. The van der Waals surface area contributed by atoms with Crippen LogP contribution in [0, 0.1) is 0 Å². The maximum Gasteiger partial charge on any atom is 0.304 e. The fourth-order valence-electron chi connectivity index (χ4n) is 5.65. The summed E-state index contributed by atoms with van der Waals surface area (Å²) in [6.45, 7) is 17.3. The lowest BCUT2D eigenvalue weighted by Gasteiger charge is -2.26. The molecule has 57 heavy (non-hydrogen) atoms. The van der Waals surface area contributed by atoms with Gasteiger partial charge in [0.15, 0.2) is 0 Å². The van der Waals surface area contributed by atoms with Gasteiger partial charge in [0.1, 0.15) is 37.6 Å². The van der Waals surface area contributed by atoms with Crippen LogP contribution in [0.4, 0.5) is 44.1 Å². The van der Waals surface area contributed by atoms with Gasteiger partial charge in [0, 0.05) is 38.3 Å². The van der Waals surface area contributed by atoms with Crippen LogP contribution in [0.2, 0.25) is 0 Å². The van der Waals surface area contributed by atoms with Gasteiger partial charge in [0.2, 0.25) is 5.96 Å². The van der Waals surface area contributed by atoms with E-state index in [1.807, 2.05) is 44.2 Å². The predicted molar refractivity (Wildman–Crippen MR) is 246 cm³/mol. The van der Waals surface area contributed by atoms with Gasteiger partial charge in [-0.3, -0.25) is 15.4 Å². The maximum absolute atomic E-state index is 11.7. The monoisotopic (exact) mass is 876 g/mol. The number of ether oxygens (including phenoxy) is 2. The number of anilines is 6. The molecule has 0 aliphatic carbocycles. The van der Waals surface area contributed by atoms with E-state index >= 15 is 0 Å². The molecule has 0 spiro atoms. The molecule has 0 saturated carbocycles. The van der Waals surface area contributed by atoms with Gasteiger partial charge in [-0.05, 0) is 83.7 Å². The van der Waals surface area contributed by atoms with Crippen LogP contribution in [-0.2, 0) is 10.1 Å². The van der Waals surface area contributed by atoms with Gasteiger partial charge in [-0.25, -0.2) is 9.98 Å². The Bertz CT molecular complexity index is 2150. The number of hydrogen-bond acceptors (Lipinski definition) is 16. The highest BCUT2D eigenvalue weighted by atomic mass is 32.3. The van der Waals surface area contributed by atoms with Crippen molar-refractivity contribution in [3.8, 4) is 11.5 Å². The number of rotatable bonds is 19. The van der Waals surface area contributed by atoms with Crippen molar-refractivity contribution >= 4 is 112 Å². The lowest BCUT2D eigenvalue weighted by Crippen LogP contribution is -2.24. The van der Waals surface area contributed by atoms with Crippen LogP contribution in [0.3, 0.4) is 0 Å². The van der Waals surface area contributed by atoms with Gasteiger partial charge in [-0.1, -0.05) is 6.92 Å². The predicted octanol–water partition coefficient (Wildman–Crippen LogP) is 10.3. The number of nitrogens with one attached hydrogen (secondary N) is 4. The third kappa shape index (κ3) is 12.6. The first-order valence-electron chi connectivity index (χ1n) is 18.3. The van der Waals surface area contributed by atoms with Crippen LogP contribution in [0.5, 0.6) is 11.5 Å². The second-order valence-corrected chi connectivity index (χ2v) is 18.1. The number of thiophene rings is 2. The molecule has 2 heterocycles. The molecule has 20 heteroatoms. The molecule has 0 amide bonds. The van der Waals surface area contributed by atoms with E-state index in [-0.39, 0.29) is 9.21 Å². The molecule has 4 aromatic rings. The Kier molecular flexibility index (Phi) is 17.2. The zero-order valence-electron chi connectivity index (χ0n) is 33.6. The zero-order chi connectivity index (χ0) is 41.7. The van der Waals surface area contributed by atoms with Gasteiger partial charge in [-0.15, -0.1) is 57.3 Å². The van der Waals surface area contributed by atoms with Crippen LogP contribution < -0.4 is 40.8 Å². The molecule has 4 rings (SSSR count). The first-order valence-corrected chi connectivity index (χ1v) is 22.8. The van der Waals surface area contributed by atoms with Crippen LogP contribution in [0.1, 0.15) is 48.5 Å². The van der Waals surface area contributed by atoms with Crippen molar-refractivity contribution in [1.29, 1.82) is 0 Å². The van der Waals surface area contributed by atoms with Crippen LogP contribution >= 0.6 is 47.1 Å². The molecule has 0 fully saturated rings. The summed E-state index contributed by atoms with van der Waals surface area (Å²) in [5, 5.41) is 17.8. The minimum atomic E-state index is -4.38. The van der Waals surface area contributed by atoms with Gasteiger partial charge in [-0.2, -0.15) is 8.42 Å². The molecule has 0 radical (unpaired) electrons. The number of azo groups is 1. The Hall–Kier alpha value is -4.21. The minimum Gasteiger partial charge on any atom is -0.495 e. The summed E-state index contributed by atoms with van der Waals surface area (Å²) in [4.78, 5) is 14.3. The quantitative estimate of drug-likeness (QED) is 0.0131. The molecule has 1 unspecified atom stereocenters. The van der Waals surface area contributed by atoms with Crippen molar-refractivity contribution < 1.29 is 22.4 Å². The summed E-state index contributed by atoms with van der Waals surface area (Å²) < 4.78 is 45.2. The molecule has 0 bridgehead atoms. The normalized spacial score (nSPS) is 12.8. The molecular formula is C37H52N10O5S5. The molecule has 2 aromatic heterocycles. The first-order chi connectivity index (χ1) is 27.3. The van der Waals surface area contributed by atoms with Crippen molar-refractivity contribution in [3.63, 3.8) is 0 Å². The van der Waals surface area contributed by atoms with E-state index in [2.05, 4.69) is 88.8 Å². The summed E-state index contributed by atoms with van der Waals surface area (Å²) in [5.41, 5.74) is 10.8. The van der Waals surface area contributed by atoms with E-state index in [4.69, 9.17) is 19.5 Å². The molecular weight excluding hydrogens is 825 g/mol. The third-order valence-corrected chi connectivity index (χ3v) is 12.7. The minimum absolute atomic E-state index is 0.230. The summed E-state index contributed by atoms with van der Waals surface area (Å²) in [6.07, 6.45) is -0.504. The Morgan fingerprint density at radius 1 is 0.860 bits per heavy atom. The molecule has 1 atom stereocenters. The van der Waals surface area contributed by atoms with Crippen LogP contribution in [0.25, 0.3) is 0 Å². The Morgan fingerprint density at radius 3 is 2.04 bits per heavy atom. The number of methoxy groups -OCH3 is 2. The number of benzene rings is 2. The summed E-state index contributed by atoms with van der Waals surface area (Å²) in [5.74, 6) is 2.42. The Morgan fingerprint density at radius 2 is 1.49 bits per heavy atom. The highest BCUT2D eigenvalue weighted by Crippen LogP contribution is 2.41. The lowest BCUT2D eigenvalue weighted by molar-refractivity contribution is 0.414. The van der Waals surface area contributed by atoms with Crippen molar-refractivity contribution in [2.75, 3.05) is 77.4 Å². The summed E-state index contributed by atoms with van der Waals surface area (Å²) in [6, 6.07) is 14.3. The van der Waals surface area contributed by atoms with Crippen molar-refractivity contribution in [3.05, 3.63) is 48.5 Å². The van der Waals surface area contributed by atoms with E-state index in [0.29, 0.717) is 28.8 Å². The Balaban J connectivity index is 1.81. The number of nitrogens with zero attached hydrogens (tertiary/aromatic N) is 6. The van der Waals surface area contributed by atoms with Gasteiger partial charge in [0.25, 0.3) is 0 Å². The fourth-order valence-corrected chi connectivity index (χ4v) is 8.67. The average Bonchev–Trinajstić information content (AvgIpc) is 3.84.